The molecule has 0 saturated heterocycles. The lowest BCUT2D eigenvalue weighted by Gasteiger charge is -2.13. The average molecular weight is 428 g/mol. The van der Waals surface area contributed by atoms with Crippen LogP contribution in [-0.2, 0) is 4.79 Å². The molecule has 0 unspecified atom stereocenters. The summed E-state index contributed by atoms with van der Waals surface area (Å²) in [5, 5.41) is 6.13. The molecule has 0 bridgehead atoms. The quantitative estimate of drug-likeness (QED) is 0.593. The number of carbonyl (C=O) groups excluding carboxylic acids is 2. The van der Waals surface area contributed by atoms with Gasteiger partial charge in [0, 0.05) is 11.6 Å². The van der Waals surface area contributed by atoms with Crippen molar-refractivity contribution in [1.29, 1.82) is 0 Å². The number of nitrogens with one attached hydrogen (secondary N) is 2. The molecule has 3 aromatic rings. The zero-order chi connectivity index (χ0) is 21.8. The molecule has 158 valence electrons. The van der Waals surface area contributed by atoms with Crippen LogP contribution in [-0.4, -0.2) is 36.6 Å². The molecule has 0 fully saturated rings. The van der Waals surface area contributed by atoms with E-state index >= 15 is 0 Å². The first kappa shape index (κ1) is 21.6. The Kier molecular flexibility index (Phi) is 6.56. The molecule has 2 aromatic carbocycles. The fourth-order valence-electron chi connectivity index (χ4n) is 3.03. The molecule has 3 rings (SSSR count). The van der Waals surface area contributed by atoms with Gasteiger partial charge >= 0.3 is 0 Å². The minimum absolute atomic E-state index is 0.0317. The summed E-state index contributed by atoms with van der Waals surface area (Å²) in [6.07, 6.45) is 0. The van der Waals surface area contributed by atoms with E-state index < -0.39 is 0 Å². The third-order valence-corrected chi connectivity index (χ3v) is 5.20. The highest BCUT2D eigenvalue weighted by Gasteiger charge is 2.15. The first-order valence-electron chi connectivity index (χ1n) is 9.56. The summed E-state index contributed by atoms with van der Waals surface area (Å²) in [5.74, 6) is 0.232. The first-order chi connectivity index (χ1) is 14.3. The number of amides is 2. The maximum atomic E-state index is 12.7. The molecule has 0 spiro atoms. The Morgan fingerprint density at radius 3 is 2.60 bits per heavy atom. The normalized spacial score (nSPS) is 10.9. The second-order valence-corrected chi connectivity index (χ2v) is 8.31. The summed E-state index contributed by atoms with van der Waals surface area (Å²) >= 11 is 1.43. The molecule has 1 aromatic heterocycles. The number of ether oxygens (including phenoxy) is 2. The summed E-state index contributed by atoms with van der Waals surface area (Å²) in [6, 6.07) is 8.97. The largest absolute Gasteiger partial charge is 0.493 e. The summed E-state index contributed by atoms with van der Waals surface area (Å²) < 4.78 is 11.9. The van der Waals surface area contributed by atoms with Crippen molar-refractivity contribution in [3.8, 4) is 11.5 Å². The molecular formula is C22H25N3O4S. The highest BCUT2D eigenvalue weighted by Crippen LogP contribution is 2.31. The molecule has 0 aliphatic heterocycles. The minimum Gasteiger partial charge on any atom is -0.493 e. The van der Waals surface area contributed by atoms with Gasteiger partial charge in [0.1, 0.15) is 0 Å². The predicted octanol–water partition coefficient (Wildman–Crippen LogP) is 4.08. The maximum Gasteiger partial charge on any atom is 0.258 e. The lowest BCUT2D eigenvalue weighted by Crippen LogP contribution is -2.34. The Morgan fingerprint density at radius 1 is 1.13 bits per heavy atom. The Bertz CT molecular complexity index is 1090. The zero-order valence-electron chi connectivity index (χ0n) is 17.7. The van der Waals surface area contributed by atoms with Crippen LogP contribution in [0.1, 0.15) is 35.3 Å². The van der Waals surface area contributed by atoms with Crippen molar-refractivity contribution in [3.05, 3.63) is 47.0 Å². The Balaban J connectivity index is 1.73. The topological polar surface area (TPSA) is 89.6 Å². The molecule has 0 aliphatic carbocycles. The van der Waals surface area contributed by atoms with Crippen LogP contribution in [0.3, 0.4) is 0 Å². The summed E-state index contributed by atoms with van der Waals surface area (Å²) in [7, 11) is 1.48. The van der Waals surface area contributed by atoms with E-state index in [1.165, 1.54) is 18.4 Å². The third kappa shape index (κ3) is 5.07. The number of hydrogen-bond acceptors (Lipinski definition) is 6. The number of hydrogen-bond donors (Lipinski definition) is 2. The zero-order valence-corrected chi connectivity index (χ0v) is 18.5. The summed E-state index contributed by atoms with van der Waals surface area (Å²) in [4.78, 5) is 29.0. The number of nitrogens with zero attached hydrogens (tertiary/aromatic N) is 1. The number of rotatable bonds is 7. The van der Waals surface area contributed by atoms with Crippen molar-refractivity contribution in [2.45, 2.75) is 33.7 Å². The van der Waals surface area contributed by atoms with Crippen LogP contribution >= 0.6 is 11.3 Å². The number of fused-ring (bicyclic) bond motifs is 1. The van der Waals surface area contributed by atoms with Gasteiger partial charge in [-0.05, 0) is 63.1 Å². The number of methoxy groups -OCH3 is 1. The van der Waals surface area contributed by atoms with Crippen LogP contribution in [0.15, 0.2) is 30.3 Å². The van der Waals surface area contributed by atoms with Crippen LogP contribution < -0.4 is 20.1 Å². The number of anilines is 1. The number of thiazole rings is 1. The molecule has 0 atom stereocenters. The smallest absolute Gasteiger partial charge is 0.258 e. The molecule has 0 aliphatic rings. The number of benzene rings is 2. The fraction of sp³-hybridized carbons (Fsp3) is 0.318. The van der Waals surface area contributed by atoms with Gasteiger partial charge in [0.05, 0.1) is 17.3 Å². The molecule has 30 heavy (non-hydrogen) atoms. The van der Waals surface area contributed by atoms with E-state index in [0.29, 0.717) is 22.2 Å². The second kappa shape index (κ2) is 9.13. The molecule has 8 heteroatoms. The van der Waals surface area contributed by atoms with Crippen molar-refractivity contribution in [2.24, 2.45) is 0 Å². The molecular weight excluding hydrogens is 402 g/mol. The van der Waals surface area contributed by atoms with Crippen LogP contribution in [0.2, 0.25) is 0 Å². The van der Waals surface area contributed by atoms with Crippen LogP contribution in [0.25, 0.3) is 10.2 Å². The summed E-state index contributed by atoms with van der Waals surface area (Å²) in [5.41, 5.74) is 3.52. The minimum atomic E-state index is -0.300. The molecule has 7 nitrogen and oxygen atoms in total. The number of carbonyl (C=O) groups is 2. The Labute approximate surface area is 179 Å². The second-order valence-electron chi connectivity index (χ2n) is 7.28. The molecule has 1 heterocycles. The highest BCUT2D eigenvalue weighted by molar-refractivity contribution is 7.22. The van der Waals surface area contributed by atoms with Crippen molar-refractivity contribution in [2.75, 3.05) is 19.0 Å². The fourth-order valence-corrected chi connectivity index (χ4v) is 4.07. The monoisotopic (exact) mass is 427 g/mol. The highest BCUT2D eigenvalue weighted by atomic mass is 32.1. The van der Waals surface area contributed by atoms with Crippen molar-refractivity contribution < 1.29 is 19.1 Å². The maximum absolute atomic E-state index is 12.7. The van der Waals surface area contributed by atoms with Gasteiger partial charge in [0.15, 0.2) is 23.2 Å². The average Bonchev–Trinajstić information content (AvgIpc) is 3.08. The van der Waals surface area contributed by atoms with Crippen LogP contribution in [0.5, 0.6) is 11.5 Å². The molecule has 2 N–H and O–H groups in total. The molecule has 2 amide bonds. The Hall–Kier alpha value is -3.13. The van der Waals surface area contributed by atoms with Gasteiger partial charge in [-0.25, -0.2) is 4.98 Å². The summed E-state index contributed by atoms with van der Waals surface area (Å²) in [6.45, 7) is 7.66. The van der Waals surface area contributed by atoms with Gasteiger partial charge in [-0.3, -0.25) is 14.9 Å². The van der Waals surface area contributed by atoms with E-state index in [1.54, 1.807) is 18.2 Å². The SMILES string of the molecule is COc1cc(C(=O)Nc2nc3c(C)cc(C)cc3s2)ccc1OCC(=O)NC(C)C. The molecule has 0 radical (unpaired) electrons. The number of aryl methyl sites for hydroxylation is 2. The van der Waals surface area contributed by atoms with Gasteiger partial charge in [-0.1, -0.05) is 17.4 Å². The first-order valence-corrected chi connectivity index (χ1v) is 10.4. The number of aromatic nitrogens is 1. The third-order valence-electron chi connectivity index (χ3n) is 4.28. The standard InChI is InChI=1S/C22H25N3O4S/c1-12(2)23-19(26)11-29-16-7-6-15(10-17(16)28-5)21(27)25-22-24-20-14(4)8-13(3)9-18(20)30-22/h6-10,12H,11H2,1-5H3,(H,23,26)(H,24,25,27). The van der Waals surface area contributed by atoms with Gasteiger partial charge in [-0.15, -0.1) is 0 Å². The predicted molar refractivity (Wildman–Crippen MR) is 119 cm³/mol. The Morgan fingerprint density at radius 2 is 1.90 bits per heavy atom. The van der Waals surface area contributed by atoms with Crippen molar-refractivity contribution >= 4 is 38.5 Å². The van der Waals surface area contributed by atoms with E-state index in [2.05, 4.69) is 27.8 Å². The van der Waals surface area contributed by atoms with E-state index in [9.17, 15) is 9.59 Å². The van der Waals surface area contributed by atoms with Crippen LogP contribution in [0, 0.1) is 13.8 Å². The van der Waals surface area contributed by atoms with Gasteiger partial charge < -0.3 is 14.8 Å². The van der Waals surface area contributed by atoms with Gasteiger partial charge in [-0.2, -0.15) is 0 Å². The van der Waals surface area contributed by atoms with E-state index in [4.69, 9.17) is 9.47 Å². The van der Waals surface area contributed by atoms with E-state index in [0.717, 1.165) is 21.3 Å². The van der Waals surface area contributed by atoms with E-state index in [1.807, 2.05) is 27.7 Å². The lowest BCUT2D eigenvalue weighted by atomic mass is 10.1. The van der Waals surface area contributed by atoms with E-state index in [-0.39, 0.29) is 24.5 Å². The van der Waals surface area contributed by atoms with Crippen molar-refractivity contribution in [1.82, 2.24) is 10.3 Å². The molecule has 0 saturated carbocycles. The van der Waals surface area contributed by atoms with Crippen LogP contribution in [0.4, 0.5) is 5.13 Å². The van der Waals surface area contributed by atoms with Crippen molar-refractivity contribution in [3.63, 3.8) is 0 Å². The van der Waals surface area contributed by atoms with Gasteiger partial charge in [0.2, 0.25) is 0 Å². The lowest BCUT2D eigenvalue weighted by molar-refractivity contribution is -0.123. The van der Waals surface area contributed by atoms with Gasteiger partial charge in [0.25, 0.3) is 11.8 Å².